The third-order valence-electron chi connectivity index (χ3n) is 5.30. The summed E-state index contributed by atoms with van der Waals surface area (Å²) in [5.74, 6) is -2.79. The van der Waals surface area contributed by atoms with Crippen molar-refractivity contribution in [2.45, 2.75) is 31.7 Å². The average molecular weight is 576 g/mol. The molecule has 1 heterocycles. The molecule has 0 aliphatic heterocycles. The largest absolute Gasteiger partial charge is 0.490 e. The van der Waals surface area contributed by atoms with Crippen LogP contribution in [0.3, 0.4) is 0 Å². The van der Waals surface area contributed by atoms with Gasteiger partial charge in [0.25, 0.3) is 5.91 Å². The number of para-hydroxylation sites is 1. The van der Waals surface area contributed by atoms with E-state index in [1.165, 1.54) is 12.1 Å². The van der Waals surface area contributed by atoms with E-state index in [0.29, 0.717) is 23.3 Å². The summed E-state index contributed by atoms with van der Waals surface area (Å²) in [7, 11) is -3.71. The van der Waals surface area contributed by atoms with Crippen LogP contribution in [-0.2, 0) is 30.8 Å². The van der Waals surface area contributed by atoms with Gasteiger partial charge in [-0.2, -0.15) is 13.2 Å². The molecule has 0 saturated heterocycles. The molecule has 206 valence electrons. The molecule has 2 atom stereocenters. The third-order valence-corrected chi connectivity index (χ3v) is 6.13. The Morgan fingerprint density at radius 3 is 2.53 bits per heavy atom. The minimum absolute atomic E-state index is 0.102. The molecule has 3 rings (SSSR count). The smallest absolute Gasteiger partial charge is 0.482 e. The molecule has 14 heteroatoms. The summed E-state index contributed by atoms with van der Waals surface area (Å²) in [6.45, 7) is 1.20. The Kier molecular flexibility index (Phi) is 9.28. The number of fused-ring (bicyclic) bond motifs is 1. The van der Waals surface area contributed by atoms with Gasteiger partial charge >= 0.3 is 12.1 Å². The number of carbonyl (C=O) groups is 2. The highest BCUT2D eigenvalue weighted by molar-refractivity contribution is 7.89. The Bertz CT molecular complexity index is 1410. The molecule has 0 saturated carbocycles. The molecule has 3 aromatic rings. The SMILES string of the molecule is C[C@H](Cc1c[nH]c2c(OCC(=O)NS(C)(=O)=O)cccc12)NC[C@H](OC(=O)C(F)(F)F)c1cccc(Cl)c1. The quantitative estimate of drug-likeness (QED) is 0.298. The molecule has 3 N–H and O–H groups in total. The van der Waals surface area contributed by atoms with Crippen molar-refractivity contribution in [3.8, 4) is 5.75 Å². The van der Waals surface area contributed by atoms with Crippen molar-refractivity contribution in [2.75, 3.05) is 19.4 Å². The maximum atomic E-state index is 12.8. The predicted octanol–water partition coefficient (Wildman–Crippen LogP) is 3.64. The molecule has 1 aromatic heterocycles. The second kappa shape index (κ2) is 12.0. The van der Waals surface area contributed by atoms with E-state index in [2.05, 4.69) is 10.3 Å². The summed E-state index contributed by atoms with van der Waals surface area (Å²) < 4.78 is 72.8. The lowest BCUT2D eigenvalue weighted by Gasteiger charge is -2.22. The highest BCUT2D eigenvalue weighted by Gasteiger charge is 2.42. The molecule has 0 unspecified atom stereocenters. The maximum Gasteiger partial charge on any atom is 0.490 e. The molecule has 0 aliphatic rings. The maximum absolute atomic E-state index is 12.8. The summed E-state index contributed by atoms with van der Waals surface area (Å²) in [6.07, 6.45) is -3.35. The van der Waals surface area contributed by atoms with Crippen LogP contribution in [0.4, 0.5) is 13.2 Å². The van der Waals surface area contributed by atoms with Gasteiger partial charge in [0.2, 0.25) is 10.0 Å². The lowest BCUT2D eigenvalue weighted by Crippen LogP contribution is -2.35. The minimum Gasteiger partial charge on any atom is -0.482 e. The van der Waals surface area contributed by atoms with Crippen molar-refractivity contribution in [3.63, 3.8) is 0 Å². The highest BCUT2D eigenvalue weighted by Crippen LogP contribution is 2.29. The number of nitrogens with one attached hydrogen (secondary N) is 3. The van der Waals surface area contributed by atoms with E-state index in [4.69, 9.17) is 21.1 Å². The number of hydrogen-bond donors (Lipinski definition) is 3. The van der Waals surface area contributed by atoms with Gasteiger partial charge in [-0.05, 0) is 42.7 Å². The van der Waals surface area contributed by atoms with E-state index in [0.717, 1.165) is 17.2 Å². The van der Waals surface area contributed by atoms with E-state index in [-0.39, 0.29) is 17.6 Å². The molecular weight excluding hydrogens is 551 g/mol. The van der Waals surface area contributed by atoms with Crippen LogP contribution in [0.15, 0.2) is 48.7 Å². The highest BCUT2D eigenvalue weighted by atomic mass is 35.5. The zero-order valence-electron chi connectivity index (χ0n) is 20.3. The number of ether oxygens (including phenoxy) is 2. The first kappa shape index (κ1) is 29.3. The lowest BCUT2D eigenvalue weighted by molar-refractivity contribution is -0.205. The summed E-state index contributed by atoms with van der Waals surface area (Å²) in [5.41, 5.74) is 1.74. The number of aromatic amines is 1. The van der Waals surface area contributed by atoms with Crippen LogP contribution >= 0.6 is 11.6 Å². The molecule has 0 bridgehead atoms. The zero-order valence-corrected chi connectivity index (χ0v) is 21.8. The van der Waals surface area contributed by atoms with Crippen LogP contribution in [0.25, 0.3) is 10.9 Å². The zero-order chi connectivity index (χ0) is 28.1. The van der Waals surface area contributed by atoms with Gasteiger partial charge in [-0.15, -0.1) is 0 Å². The number of carbonyl (C=O) groups excluding carboxylic acids is 2. The molecule has 38 heavy (non-hydrogen) atoms. The molecule has 0 aliphatic carbocycles. The Labute approximate surface area is 221 Å². The summed E-state index contributed by atoms with van der Waals surface area (Å²) >= 11 is 5.96. The number of amides is 1. The molecule has 2 aromatic carbocycles. The molecule has 0 radical (unpaired) electrons. The first-order valence-electron chi connectivity index (χ1n) is 11.2. The summed E-state index contributed by atoms with van der Waals surface area (Å²) in [4.78, 5) is 26.3. The van der Waals surface area contributed by atoms with Crippen molar-refractivity contribution in [1.29, 1.82) is 0 Å². The molecule has 0 fully saturated rings. The van der Waals surface area contributed by atoms with Gasteiger partial charge in [-0.1, -0.05) is 35.9 Å². The van der Waals surface area contributed by atoms with Crippen LogP contribution in [0.1, 0.15) is 24.2 Å². The van der Waals surface area contributed by atoms with Crippen LogP contribution in [0, 0.1) is 0 Å². The van der Waals surface area contributed by atoms with Gasteiger partial charge in [-0.3, -0.25) is 9.52 Å². The fourth-order valence-electron chi connectivity index (χ4n) is 3.69. The molecule has 9 nitrogen and oxygen atoms in total. The van der Waals surface area contributed by atoms with Gasteiger partial charge in [0.15, 0.2) is 6.61 Å². The number of esters is 1. The average Bonchev–Trinajstić information content (AvgIpc) is 3.21. The second-order valence-electron chi connectivity index (χ2n) is 8.54. The van der Waals surface area contributed by atoms with Crippen molar-refractivity contribution in [2.24, 2.45) is 0 Å². The van der Waals surface area contributed by atoms with Gasteiger partial charge in [0, 0.05) is 29.2 Å². The monoisotopic (exact) mass is 575 g/mol. The van der Waals surface area contributed by atoms with E-state index in [9.17, 15) is 31.2 Å². The van der Waals surface area contributed by atoms with E-state index in [1.807, 2.05) is 17.7 Å². The van der Waals surface area contributed by atoms with Gasteiger partial charge in [0.05, 0.1) is 11.8 Å². The fourth-order valence-corrected chi connectivity index (χ4v) is 4.37. The topological polar surface area (TPSA) is 127 Å². The molecule has 0 spiro atoms. The summed E-state index contributed by atoms with van der Waals surface area (Å²) in [6, 6.07) is 10.9. The number of hydrogen-bond acceptors (Lipinski definition) is 7. The summed E-state index contributed by atoms with van der Waals surface area (Å²) in [5, 5.41) is 4.15. The van der Waals surface area contributed by atoms with E-state index >= 15 is 0 Å². The van der Waals surface area contributed by atoms with E-state index < -0.39 is 40.8 Å². The Balaban J connectivity index is 1.68. The van der Waals surface area contributed by atoms with Crippen molar-refractivity contribution in [3.05, 3.63) is 64.8 Å². The Hall–Kier alpha value is -3.29. The fraction of sp³-hybridized carbons (Fsp3) is 0.333. The lowest BCUT2D eigenvalue weighted by atomic mass is 10.0. The standard InChI is InChI=1S/C24H25ClF3N3O6S/c1-14(29-12-20(37-23(33)24(26,27)28)15-5-3-6-17(25)10-15)9-16-11-30-22-18(16)7-4-8-19(22)36-13-21(32)31-38(2,34)35/h3-8,10-11,14,20,29-30H,9,12-13H2,1-2H3,(H,31,32)/t14-,20+/m1/s1. The molecule has 1 amide bonds. The van der Waals surface area contributed by atoms with Crippen LogP contribution in [-0.4, -0.2) is 56.9 Å². The van der Waals surface area contributed by atoms with Gasteiger partial charge in [0.1, 0.15) is 11.9 Å². The van der Waals surface area contributed by atoms with Crippen LogP contribution in [0.5, 0.6) is 5.75 Å². The van der Waals surface area contributed by atoms with E-state index in [1.54, 1.807) is 30.5 Å². The van der Waals surface area contributed by atoms with Crippen LogP contribution in [0.2, 0.25) is 5.02 Å². The number of halogens is 4. The number of rotatable bonds is 11. The number of H-pyrrole nitrogens is 1. The number of sulfonamides is 1. The number of aromatic nitrogens is 1. The number of benzene rings is 2. The first-order valence-corrected chi connectivity index (χ1v) is 13.5. The Morgan fingerprint density at radius 1 is 1.16 bits per heavy atom. The van der Waals surface area contributed by atoms with Crippen molar-refractivity contribution >= 4 is 44.4 Å². The van der Waals surface area contributed by atoms with Gasteiger partial charge < -0.3 is 19.8 Å². The third kappa shape index (κ3) is 8.36. The van der Waals surface area contributed by atoms with Crippen LogP contribution < -0.4 is 14.8 Å². The Morgan fingerprint density at radius 2 is 1.87 bits per heavy atom. The first-order chi connectivity index (χ1) is 17.7. The minimum atomic E-state index is -5.14. The molecular formula is C24H25ClF3N3O6S. The number of alkyl halides is 3. The predicted molar refractivity (Wildman–Crippen MR) is 134 cm³/mol. The normalized spacial score (nSPS) is 13.6. The second-order valence-corrected chi connectivity index (χ2v) is 10.7. The van der Waals surface area contributed by atoms with Gasteiger partial charge in [-0.25, -0.2) is 13.2 Å². The van der Waals surface area contributed by atoms with Crippen molar-refractivity contribution in [1.82, 2.24) is 15.0 Å². The van der Waals surface area contributed by atoms with Crippen molar-refractivity contribution < 1.29 is 40.7 Å².